The van der Waals surface area contributed by atoms with Crippen LogP contribution in [0.2, 0.25) is 5.02 Å². The molecule has 0 saturated carbocycles. The lowest BCUT2D eigenvalue weighted by Gasteiger charge is -2.28. The summed E-state index contributed by atoms with van der Waals surface area (Å²) in [6, 6.07) is 11.2. The first-order valence-corrected chi connectivity index (χ1v) is 12.6. The third-order valence-corrected chi connectivity index (χ3v) is 7.85. The van der Waals surface area contributed by atoms with Crippen LogP contribution in [0.3, 0.4) is 0 Å². The topological polar surface area (TPSA) is 103 Å². The Morgan fingerprint density at radius 1 is 1.21 bits per heavy atom. The molecule has 180 valence electrons. The lowest BCUT2D eigenvalue weighted by atomic mass is 10.1. The van der Waals surface area contributed by atoms with Crippen LogP contribution in [0.5, 0.6) is 0 Å². The van der Waals surface area contributed by atoms with Gasteiger partial charge >= 0.3 is 0 Å². The van der Waals surface area contributed by atoms with Crippen LogP contribution in [0.1, 0.15) is 36.4 Å². The number of thioether (sulfide) groups is 1. The van der Waals surface area contributed by atoms with Gasteiger partial charge in [-0.1, -0.05) is 41.9 Å². The Balaban J connectivity index is 1.26. The van der Waals surface area contributed by atoms with Gasteiger partial charge in [0.2, 0.25) is 0 Å². The quantitative estimate of drug-likeness (QED) is 0.514. The van der Waals surface area contributed by atoms with Crippen LogP contribution < -0.4 is 5.32 Å². The number of aromatic nitrogens is 1. The molecule has 4 atom stereocenters. The normalized spacial score (nSPS) is 21.7. The van der Waals surface area contributed by atoms with Crippen LogP contribution in [0.25, 0.3) is 0 Å². The molecule has 1 fully saturated rings. The van der Waals surface area contributed by atoms with Crippen molar-refractivity contribution in [1.82, 2.24) is 15.2 Å². The fraction of sp³-hybridized carbons (Fsp3) is 0.400. The molecule has 3 heterocycles. The third-order valence-electron chi connectivity index (χ3n) is 6.18. The average molecular weight is 502 g/mol. The second-order valence-electron chi connectivity index (χ2n) is 8.53. The Morgan fingerprint density at radius 2 is 2.03 bits per heavy atom. The molecule has 1 aromatic heterocycles. The van der Waals surface area contributed by atoms with E-state index in [-0.39, 0.29) is 11.3 Å². The molecule has 2 aliphatic heterocycles. The van der Waals surface area contributed by atoms with Crippen LogP contribution in [-0.2, 0) is 16.0 Å². The molecule has 0 bridgehead atoms. The minimum absolute atomic E-state index is 0.120. The summed E-state index contributed by atoms with van der Waals surface area (Å²) in [5, 5.41) is 24.4. The van der Waals surface area contributed by atoms with Crippen LogP contribution in [0, 0.1) is 0 Å². The number of nitrogens with one attached hydrogen (secondary N) is 1. The van der Waals surface area contributed by atoms with Gasteiger partial charge in [0.05, 0.1) is 6.04 Å². The van der Waals surface area contributed by atoms with Crippen LogP contribution in [-0.4, -0.2) is 62.5 Å². The lowest BCUT2D eigenvalue weighted by molar-refractivity contribution is -0.153. The number of nitrogens with zero attached hydrogens (tertiary/aromatic N) is 2. The summed E-state index contributed by atoms with van der Waals surface area (Å²) in [6.07, 6.45) is 4.88. The van der Waals surface area contributed by atoms with Gasteiger partial charge in [0, 0.05) is 42.2 Å². The van der Waals surface area contributed by atoms with E-state index < -0.39 is 24.0 Å². The van der Waals surface area contributed by atoms with Gasteiger partial charge in [-0.05, 0) is 47.4 Å². The minimum atomic E-state index is -1.83. The number of benzene rings is 1. The van der Waals surface area contributed by atoms with Gasteiger partial charge in [-0.3, -0.25) is 14.6 Å². The number of pyridine rings is 1. The zero-order valence-electron chi connectivity index (χ0n) is 18.6. The number of hydrogen-bond acceptors (Lipinski definition) is 6. The molecule has 9 heteroatoms. The fourth-order valence-corrected chi connectivity index (χ4v) is 5.78. The molecule has 1 aromatic carbocycles. The number of carbonyl (C=O) groups is 2. The minimum Gasteiger partial charge on any atom is -0.380 e. The Morgan fingerprint density at radius 3 is 2.79 bits per heavy atom. The molecule has 34 heavy (non-hydrogen) atoms. The Bertz CT molecular complexity index is 1050. The summed E-state index contributed by atoms with van der Waals surface area (Å²) in [7, 11) is 0. The summed E-state index contributed by atoms with van der Waals surface area (Å²) >= 11 is 7.91. The number of carbonyl (C=O) groups excluding carboxylic acids is 2. The first kappa shape index (κ1) is 24.7. The summed E-state index contributed by atoms with van der Waals surface area (Å²) in [4.78, 5) is 32.2. The Kier molecular flexibility index (Phi) is 8.26. The highest BCUT2D eigenvalue weighted by Gasteiger charge is 2.38. The maximum Gasteiger partial charge on any atom is 0.255 e. The summed E-state index contributed by atoms with van der Waals surface area (Å²) in [6.45, 7) is 0.786. The molecule has 1 saturated heterocycles. The predicted octanol–water partition coefficient (Wildman–Crippen LogP) is 2.87. The first-order chi connectivity index (χ1) is 16.4. The number of allylic oxidation sites excluding steroid dienone is 2. The van der Waals surface area contributed by atoms with Crippen molar-refractivity contribution < 1.29 is 19.8 Å². The van der Waals surface area contributed by atoms with E-state index in [1.54, 1.807) is 30.2 Å². The lowest BCUT2D eigenvalue weighted by Crippen LogP contribution is -2.51. The van der Waals surface area contributed by atoms with Crippen molar-refractivity contribution in [1.29, 1.82) is 0 Å². The predicted molar refractivity (Wildman–Crippen MR) is 132 cm³/mol. The highest BCUT2D eigenvalue weighted by atomic mass is 35.5. The Labute approximate surface area is 208 Å². The fourth-order valence-electron chi connectivity index (χ4n) is 4.36. The highest BCUT2D eigenvalue weighted by Crippen LogP contribution is 2.35. The maximum absolute atomic E-state index is 12.9. The molecule has 4 rings (SSSR count). The van der Waals surface area contributed by atoms with E-state index in [1.165, 1.54) is 9.81 Å². The molecule has 2 unspecified atom stereocenters. The molecule has 3 N–H and O–H groups in total. The molecular formula is C25H28ClN3O4S. The van der Waals surface area contributed by atoms with Crippen molar-refractivity contribution in [2.75, 3.05) is 13.1 Å². The van der Waals surface area contributed by atoms with E-state index in [1.807, 2.05) is 30.3 Å². The van der Waals surface area contributed by atoms with E-state index in [9.17, 15) is 19.8 Å². The number of aliphatic hydroxyl groups is 2. The monoisotopic (exact) mass is 501 g/mol. The molecule has 0 radical (unpaired) electrons. The number of halogens is 1. The van der Waals surface area contributed by atoms with Crippen molar-refractivity contribution in [3.63, 3.8) is 0 Å². The second kappa shape index (κ2) is 11.4. The van der Waals surface area contributed by atoms with Crippen LogP contribution in [0.15, 0.2) is 59.8 Å². The molecule has 0 spiro atoms. The smallest absolute Gasteiger partial charge is 0.255 e. The summed E-state index contributed by atoms with van der Waals surface area (Å²) < 4.78 is 0. The van der Waals surface area contributed by atoms with E-state index in [4.69, 9.17) is 11.6 Å². The summed E-state index contributed by atoms with van der Waals surface area (Å²) in [5.41, 5.74) is 1.93. The van der Waals surface area contributed by atoms with Crippen molar-refractivity contribution in [3.8, 4) is 0 Å². The number of amides is 2. The zero-order valence-corrected chi connectivity index (χ0v) is 20.2. The van der Waals surface area contributed by atoms with Crippen LogP contribution >= 0.6 is 23.4 Å². The largest absolute Gasteiger partial charge is 0.380 e. The number of likely N-dealkylation sites (tertiary alicyclic amines) is 1. The molecule has 7 nitrogen and oxygen atoms in total. The van der Waals surface area contributed by atoms with E-state index in [0.29, 0.717) is 13.1 Å². The van der Waals surface area contributed by atoms with Crippen molar-refractivity contribution in [3.05, 3.63) is 75.9 Å². The van der Waals surface area contributed by atoms with Crippen molar-refractivity contribution >= 4 is 35.2 Å². The highest BCUT2D eigenvalue weighted by molar-refractivity contribution is 8.03. The maximum atomic E-state index is 12.9. The van der Waals surface area contributed by atoms with Crippen molar-refractivity contribution in [2.24, 2.45) is 0 Å². The van der Waals surface area contributed by atoms with E-state index in [2.05, 4.69) is 16.4 Å². The third kappa shape index (κ3) is 5.81. The van der Waals surface area contributed by atoms with Gasteiger partial charge in [-0.25, -0.2) is 0 Å². The number of rotatable bonds is 8. The first-order valence-electron chi connectivity index (χ1n) is 11.4. The van der Waals surface area contributed by atoms with Crippen LogP contribution in [0.4, 0.5) is 0 Å². The molecule has 2 amide bonds. The van der Waals surface area contributed by atoms with Crippen molar-refractivity contribution in [2.45, 2.75) is 49.2 Å². The van der Waals surface area contributed by atoms with Gasteiger partial charge < -0.3 is 20.4 Å². The Hall–Kier alpha value is -2.39. The van der Waals surface area contributed by atoms with Gasteiger partial charge in [0.15, 0.2) is 12.2 Å². The average Bonchev–Trinajstić information content (AvgIpc) is 3.53. The molecular weight excluding hydrogens is 474 g/mol. The summed E-state index contributed by atoms with van der Waals surface area (Å²) in [5.74, 6) is -1.40. The zero-order chi connectivity index (χ0) is 24.1. The van der Waals surface area contributed by atoms with Gasteiger partial charge in [0.25, 0.3) is 11.8 Å². The van der Waals surface area contributed by atoms with E-state index in [0.717, 1.165) is 41.8 Å². The number of hydrogen-bond donors (Lipinski definition) is 3. The second-order valence-corrected chi connectivity index (χ2v) is 10.4. The molecule has 2 aromatic rings. The van der Waals surface area contributed by atoms with E-state index >= 15 is 0 Å². The van der Waals surface area contributed by atoms with Gasteiger partial charge in [-0.15, -0.1) is 11.8 Å². The van der Waals surface area contributed by atoms with Gasteiger partial charge in [0.1, 0.15) is 0 Å². The van der Waals surface area contributed by atoms with Gasteiger partial charge in [-0.2, -0.15) is 0 Å². The standard InChI is InChI=1S/C25H28ClN3O4S/c26-20-7-2-1-5-16(20)13-18-9-10-19(34-18)15-28-24(32)22(30)23(31)25(33)29-12-4-8-21(29)17-6-3-11-27-14-17/h1-3,5-7,9,11,14,19,21-23,30-31H,4,8,10,12-13,15H2,(H,28,32)/t19?,21?,22-,23-/m1/s1. The molecule has 0 aliphatic carbocycles. The SMILES string of the molecule is O=C(NCC1CC=C(Cc2ccccc2Cl)S1)[C@H](O)[C@@H](O)C(=O)N1CCCC1c1cccnc1. The number of aliphatic hydroxyl groups excluding tert-OH is 2. The molecule has 2 aliphatic rings.